The molecule has 0 aromatic rings. The lowest BCUT2D eigenvalue weighted by atomic mass is 9.43. The van der Waals surface area contributed by atoms with Crippen LogP contribution in [0.4, 0.5) is 0 Å². The van der Waals surface area contributed by atoms with Gasteiger partial charge in [0.2, 0.25) is 0 Å². The van der Waals surface area contributed by atoms with Gasteiger partial charge in [0, 0.05) is 17.6 Å². The van der Waals surface area contributed by atoms with Crippen LogP contribution in [0, 0.1) is 34.5 Å². The van der Waals surface area contributed by atoms with Gasteiger partial charge in [0.15, 0.2) is 6.29 Å². The molecule has 214 valence electrons. The van der Waals surface area contributed by atoms with E-state index in [1.165, 1.54) is 0 Å². The third-order valence-corrected chi connectivity index (χ3v) is 12.1. The Bertz CT molecular complexity index is 970. The number of hydrogen-bond donors (Lipinski definition) is 5. The molecule has 0 amide bonds. The van der Waals surface area contributed by atoms with Crippen molar-refractivity contribution in [3.8, 4) is 0 Å². The molecule has 5 fully saturated rings. The smallest absolute Gasteiger partial charge is 0.334 e. The molecule has 0 bridgehead atoms. The maximum Gasteiger partial charge on any atom is 0.334 e. The molecule has 0 spiro atoms. The molecule has 9 nitrogen and oxygen atoms in total. The van der Waals surface area contributed by atoms with Crippen LogP contribution in [0.15, 0.2) is 11.6 Å². The van der Waals surface area contributed by atoms with Gasteiger partial charge in [-0.2, -0.15) is 0 Å². The van der Waals surface area contributed by atoms with Gasteiger partial charge in [-0.25, -0.2) is 4.79 Å². The summed E-state index contributed by atoms with van der Waals surface area (Å²) in [6.07, 6.45) is 3.35. The summed E-state index contributed by atoms with van der Waals surface area (Å²) in [4.78, 5) is 12.4. The van der Waals surface area contributed by atoms with Gasteiger partial charge >= 0.3 is 5.97 Å². The minimum atomic E-state index is -1.33. The van der Waals surface area contributed by atoms with Crippen molar-refractivity contribution < 1.29 is 44.5 Å². The predicted octanol–water partition coefficient (Wildman–Crippen LogP) is 1.43. The first-order valence-corrected chi connectivity index (χ1v) is 14.6. The molecule has 4 saturated carbocycles. The van der Waals surface area contributed by atoms with E-state index in [1.807, 2.05) is 6.08 Å². The fourth-order valence-electron chi connectivity index (χ4n) is 9.89. The molecule has 2 aliphatic heterocycles. The van der Waals surface area contributed by atoms with Crippen molar-refractivity contribution in [3.63, 3.8) is 0 Å². The number of esters is 1. The Hall–Kier alpha value is -1.07. The molecule has 0 radical (unpaired) electrons. The van der Waals surface area contributed by atoms with Crippen molar-refractivity contribution in [2.45, 2.75) is 114 Å². The van der Waals surface area contributed by atoms with Crippen molar-refractivity contribution >= 4 is 5.97 Å². The van der Waals surface area contributed by atoms with Gasteiger partial charge in [0.05, 0.1) is 17.8 Å². The third kappa shape index (κ3) is 3.72. The molecule has 13 atom stereocenters. The summed E-state index contributed by atoms with van der Waals surface area (Å²) in [6, 6.07) is 0. The van der Waals surface area contributed by atoms with Gasteiger partial charge in [-0.05, 0) is 99.9 Å². The zero-order chi connectivity index (χ0) is 27.0. The van der Waals surface area contributed by atoms with Crippen molar-refractivity contribution in [3.05, 3.63) is 11.6 Å². The second kappa shape index (κ2) is 9.50. The monoisotopic (exact) mass is 536 g/mol. The molecular weight excluding hydrogens is 492 g/mol. The topological polar surface area (TPSA) is 146 Å². The van der Waals surface area contributed by atoms with Gasteiger partial charge in [0.1, 0.15) is 24.9 Å². The molecular formula is C29H44O9. The highest BCUT2D eigenvalue weighted by Crippen LogP contribution is 2.70. The molecule has 2 heterocycles. The molecule has 0 aromatic heterocycles. The van der Waals surface area contributed by atoms with Crippen LogP contribution in [0.1, 0.15) is 71.6 Å². The molecule has 1 saturated heterocycles. The fourth-order valence-corrected chi connectivity index (χ4v) is 9.89. The first kappa shape index (κ1) is 27.1. The number of carbonyl (C=O) groups is 1. The number of carbonyl (C=O) groups excluding carboxylic acids is 1. The molecule has 13 unspecified atom stereocenters. The standard InChI is InChI=1S/C29H44O9/c1-15-22(31)23(32)24(33)26(37-15)38-17-5-10-28(14-30)16(13-17)3-4-21-20(28)6-9-27(2)19(7-11-29(21,27)35)18-8-12-36-25(18)34/h8,15-17,19-24,26,30-33,35H,3-7,9-14H2,1-2H3. The van der Waals surface area contributed by atoms with Crippen LogP contribution in [0.2, 0.25) is 0 Å². The molecule has 6 aliphatic rings. The highest BCUT2D eigenvalue weighted by molar-refractivity contribution is 5.91. The lowest BCUT2D eigenvalue weighted by Gasteiger charge is -2.64. The second-order valence-electron chi connectivity index (χ2n) is 13.3. The maximum atomic E-state index is 12.4. The predicted molar refractivity (Wildman–Crippen MR) is 134 cm³/mol. The summed E-state index contributed by atoms with van der Waals surface area (Å²) in [5, 5.41) is 53.9. The Labute approximate surface area is 224 Å². The number of aliphatic hydroxyl groups is 5. The van der Waals surface area contributed by atoms with Crippen LogP contribution in [0.25, 0.3) is 0 Å². The molecule has 9 heteroatoms. The normalized spacial score (nSPS) is 54.5. The Morgan fingerprint density at radius 1 is 1.00 bits per heavy atom. The Morgan fingerprint density at radius 2 is 1.79 bits per heavy atom. The summed E-state index contributed by atoms with van der Waals surface area (Å²) in [5.74, 6) is 0.264. The van der Waals surface area contributed by atoms with E-state index in [9.17, 15) is 30.3 Å². The summed E-state index contributed by atoms with van der Waals surface area (Å²) < 4.78 is 17.1. The van der Waals surface area contributed by atoms with E-state index < -0.39 is 36.3 Å². The van der Waals surface area contributed by atoms with Gasteiger partial charge < -0.3 is 39.7 Å². The van der Waals surface area contributed by atoms with E-state index in [4.69, 9.17) is 14.2 Å². The van der Waals surface area contributed by atoms with Crippen molar-refractivity contribution in [1.82, 2.24) is 0 Å². The zero-order valence-corrected chi connectivity index (χ0v) is 22.5. The van der Waals surface area contributed by atoms with Crippen molar-refractivity contribution in [1.29, 1.82) is 0 Å². The Balaban J connectivity index is 1.19. The van der Waals surface area contributed by atoms with E-state index in [1.54, 1.807) is 6.92 Å². The quantitative estimate of drug-likeness (QED) is 0.266. The van der Waals surface area contributed by atoms with Crippen LogP contribution in [-0.2, 0) is 19.0 Å². The first-order chi connectivity index (χ1) is 18.1. The van der Waals surface area contributed by atoms with E-state index >= 15 is 0 Å². The van der Waals surface area contributed by atoms with E-state index in [2.05, 4.69) is 6.92 Å². The number of aliphatic hydroxyl groups excluding tert-OH is 4. The van der Waals surface area contributed by atoms with E-state index in [0.29, 0.717) is 19.4 Å². The number of hydrogen-bond acceptors (Lipinski definition) is 9. The summed E-state index contributed by atoms with van der Waals surface area (Å²) in [6.45, 7) is 4.21. The average molecular weight is 537 g/mol. The van der Waals surface area contributed by atoms with Crippen molar-refractivity contribution in [2.24, 2.45) is 34.5 Å². The Kier molecular flexibility index (Phi) is 6.78. The molecule has 0 aromatic carbocycles. The van der Waals surface area contributed by atoms with Gasteiger partial charge in [-0.1, -0.05) is 6.92 Å². The van der Waals surface area contributed by atoms with Crippen LogP contribution in [0.3, 0.4) is 0 Å². The van der Waals surface area contributed by atoms with Gasteiger partial charge in [0.25, 0.3) is 0 Å². The SMILES string of the molecule is CC1OC(OC2CCC3(CO)C(CCC4C3CCC3(C)C(C5=CCOC5=O)CCC43O)C2)C(O)C(O)C1O. The van der Waals surface area contributed by atoms with Crippen LogP contribution < -0.4 is 0 Å². The fraction of sp³-hybridized carbons (Fsp3) is 0.897. The summed E-state index contributed by atoms with van der Waals surface area (Å²) in [5.41, 5.74) is -0.815. The van der Waals surface area contributed by atoms with Gasteiger partial charge in [-0.15, -0.1) is 0 Å². The second-order valence-corrected chi connectivity index (χ2v) is 13.3. The Morgan fingerprint density at radius 3 is 2.50 bits per heavy atom. The minimum absolute atomic E-state index is 0.00793. The van der Waals surface area contributed by atoms with Crippen LogP contribution in [-0.4, -0.2) is 87.1 Å². The number of ether oxygens (including phenoxy) is 3. The zero-order valence-electron chi connectivity index (χ0n) is 22.5. The maximum absolute atomic E-state index is 12.4. The highest BCUT2D eigenvalue weighted by atomic mass is 16.7. The molecule has 6 rings (SSSR count). The largest absolute Gasteiger partial charge is 0.458 e. The molecule has 5 N–H and O–H groups in total. The van der Waals surface area contributed by atoms with E-state index in [0.717, 1.165) is 50.5 Å². The lowest BCUT2D eigenvalue weighted by molar-refractivity contribution is -0.311. The number of cyclic esters (lactones) is 1. The third-order valence-electron chi connectivity index (χ3n) is 12.1. The van der Waals surface area contributed by atoms with E-state index in [-0.39, 0.29) is 53.2 Å². The summed E-state index contributed by atoms with van der Waals surface area (Å²) >= 11 is 0. The molecule has 4 aliphatic carbocycles. The average Bonchev–Trinajstić information content (AvgIpc) is 3.44. The lowest BCUT2D eigenvalue weighted by Crippen LogP contribution is -2.64. The highest BCUT2D eigenvalue weighted by Gasteiger charge is 2.69. The minimum Gasteiger partial charge on any atom is -0.458 e. The molecule has 38 heavy (non-hydrogen) atoms. The number of fused-ring (bicyclic) bond motifs is 5. The van der Waals surface area contributed by atoms with Gasteiger partial charge in [-0.3, -0.25) is 0 Å². The first-order valence-electron chi connectivity index (χ1n) is 14.6. The van der Waals surface area contributed by atoms with Crippen molar-refractivity contribution in [2.75, 3.05) is 13.2 Å². The summed E-state index contributed by atoms with van der Waals surface area (Å²) in [7, 11) is 0. The number of rotatable bonds is 4. The van der Waals surface area contributed by atoms with Crippen LogP contribution in [0.5, 0.6) is 0 Å². The van der Waals surface area contributed by atoms with Crippen LogP contribution >= 0.6 is 0 Å².